The van der Waals surface area contributed by atoms with Crippen LogP contribution in [0.15, 0.2) is 24.3 Å². The van der Waals surface area contributed by atoms with Crippen LogP contribution in [0.2, 0.25) is 0 Å². The minimum absolute atomic E-state index is 0.111. The minimum atomic E-state index is -0.796. The number of rotatable bonds is 7. The highest BCUT2D eigenvalue weighted by atomic mass is 32.2. The average Bonchev–Trinajstić information content (AvgIpc) is 2.61. The quantitative estimate of drug-likeness (QED) is 0.503. The Bertz CT molecular complexity index is 664. The first-order chi connectivity index (χ1) is 12.4. The van der Waals surface area contributed by atoms with Gasteiger partial charge in [-0.15, -0.1) is 0 Å². The van der Waals surface area contributed by atoms with Gasteiger partial charge in [0.2, 0.25) is 5.91 Å². The van der Waals surface area contributed by atoms with Gasteiger partial charge in [-0.2, -0.15) is 0 Å². The summed E-state index contributed by atoms with van der Waals surface area (Å²) in [5.74, 6) is -0.870. The fourth-order valence-corrected chi connectivity index (χ4v) is 4.29. The normalized spacial score (nSPS) is 20.5. The van der Waals surface area contributed by atoms with E-state index < -0.39 is 11.3 Å². The molecule has 1 saturated heterocycles. The minimum Gasteiger partial charge on any atom is -0.508 e. The van der Waals surface area contributed by atoms with Crippen LogP contribution in [0.3, 0.4) is 0 Å². The van der Waals surface area contributed by atoms with Crippen LogP contribution in [-0.2, 0) is 9.59 Å². The summed E-state index contributed by atoms with van der Waals surface area (Å²) in [7, 11) is 0. The molecule has 1 aliphatic rings. The Labute approximate surface area is 161 Å². The summed E-state index contributed by atoms with van der Waals surface area (Å²) in [6, 6.07) is 5.64. The van der Waals surface area contributed by atoms with E-state index in [1.807, 2.05) is 0 Å². The molecule has 0 unspecified atom stereocenters. The van der Waals surface area contributed by atoms with Crippen molar-refractivity contribution in [2.45, 2.75) is 24.6 Å². The Morgan fingerprint density at radius 1 is 1.31 bits per heavy atom. The van der Waals surface area contributed by atoms with Crippen LogP contribution in [0, 0.1) is 5.92 Å². The Balaban J connectivity index is 2.22. The standard InChI is InChI=1S/C17H22N2O5S2/c1-10(22)18-14-15(12-2-4-13(23)5-3-12)26-17(25)19(16(14)24)7-6-11(8-20)9-21/h2-5,11,14-15,20-21,23H,6-9H2,1H3,(H,18,22)/t14-,15-/m0/s1. The number of aliphatic hydroxyl groups excluding tert-OH is 2. The van der Waals surface area contributed by atoms with Crippen molar-refractivity contribution in [2.24, 2.45) is 5.92 Å². The van der Waals surface area contributed by atoms with Gasteiger partial charge in [0.1, 0.15) is 16.1 Å². The third kappa shape index (κ3) is 4.94. The molecule has 1 heterocycles. The van der Waals surface area contributed by atoms with E-state index in [1.165, 1.54) is 35.7 Å². The van der Waals surface area contributed by atoms with Crippen molar-refractivity contribution >= 4 is 40.1 Å². The van der Waals surface area contributed by atoms with E-state index in [-0.39, 0.29) is 43.2 Å². The molecule has 1 aromatic carbocycles. The van der Waals surface area contributed by atoms with Crippen LogP contribution in [0.25, 0.3) is 0 Å². The molecule has 26 heavy (non-hydrogen) atoms. The number of carbonyl (C=O) groups is 2. The molecule has 0 saturated carbocycles. The van der Waals surface area contributed by atoms with Gasteiger partial charge in [-0.1, -0.05) is 36.1 Å². The van der Waals surface area contributed by atoms with Gasteiger partial charge in [-0.05, 0) is 24.1 Å². The van der Waals surface area contributed by atoms with Gasteiger partial charge in [-0.25, -0.2) is 0 Å². The number of thioether (sulfide) groups is 1. The van der Waals surface area contributed by atoms with Crippen LogP contribution in [0.1, 0.15) is 24.2 Å². The van der Waals surface area contributed by atoms with E-state index in [4.69, 9.17) is 12.2 Å². The zero-order valence-corrected chi connectivity index (χ0v) is 15.9. The molecule has 142 valence electrons. The molecule has 1 aliphatic heterocycles. The number of aromatic hydroxyl groups is 1. The van der Waals surface area contributed by atoms with Crippen LogP contribution >= 0.6 is 24.0 Å². The summed E-state index contributed by atoms with van der Waals surface area (Å²) in [5, 5.41) is 30.1. The molecule has 4 N–H and O–H groups in total. The number of amides is 2. The van der Waals surface area contributed by atoms with Gasteiger partial charge < -0.3 is 20.6 Å². The predicted molar refractivity (Wildman–Crippen MR) is 103 cm³/mol. The predicted octanol–water partition coefficient (Wildman–Crippen LogP) is 0.789. The van der Waals surface area contributed by atoms with E-state index in [0.717, 1.165) is 5.56 Å². The lowest BCUT2D eigenvalue weighted by atomic mass is 10.0. The average molecular weight is 399 g/mol. The fraction of sp³-hybridized carbons (Fsp3) is 0.471. The van der Waals surface area contributed by atoms with Gasteiger partial charge >= 0.3 is 0 Å². The zero-order valence-electron chi connectivity index (χ0n) is 14.3. The largest absolute Gasteiger partial charge is 0.508 e. The van der Waals surface area contributed by atoms with Crippen molar-refractivity contribution in [3.63, 3.8) is 0 Å². The molecule has 0 bridgehead atoms. The molecule has 7 nitrogen and oxygen atoms in total. The van der Waals surface area contributed by atoms with E-state index in [1.54, 1.807) is 12.1 Å². The highest BCUT2D eigenvalue weighted by molar-refractivity contribution is 8.23. The fourth-order valence-electron chi connectivity index (χ4n) is 2.66. The lowest BCUT2D eigenvalue weighted by Gasteiger charge is -2.38. The SMILES string of the molecule is CC(=O)N[C@@H]1C(=O)N(CCC(CO)CO)C(=S)S[C@H]1c1ccc(O)cc1. The number of nitrogens with one attached hydrogen (secondary N) is 1. The molecule has 0 radical (unpaired) electrons. The van der Waals surface area contributed by atoms with Gasteiger partial charge in [0.25, 0.3) is 5.91 Å². The van der Waals surface area contributed by atoms with Crippen molar-refractivity contribution in [1.82, 2.24) is 10.2 Å². The Morgan fingerprint density at radius 3 is 2.46 bits per heavy atom. The Hall–Kier alpha value is -1.68. The lowest BCUT2D eigenvalue weighted by molar-refractivity contribution is -0.133. The van der Waals surface area contributed by atoms with E-state index in [9.17, 15) is 24.9 Å². The third-order valence-corrected chi connectivity index (χ3v) is 5.87. The topological polar surface area (TPSA) is 110 Å². The molecule has 1 aromatic rings. The van der Waals surface area contributed by atoms with Crippen LogP contribution < -0.4 is 5.32 Å². The van der Waals surface area contributed by atoms with Gasteiger partial charge in [0.05, 0.1) is 5.25 Å². The van der Waals surface area contributed by atoms with E-state index in [0.29, 0.717) is 10.7 Å². The van der Waals surface area contributed by atoms with Crippen LogP contribution in [0.5, 0.6) is 5.75 Å². The van der Waals surface area contributed by atoms with E-state index in [2.05, 4.69) is 5.32 Å². The monoisotopic (exact) mass is 398 g/mol. The number of benzene rings is 1. The second-order valence-electron chi connectivity index (χ2n) is 6.08. The first-order valence-corrected chi connectivity index (χ1v) is 9.46. The first kappa shape index (κ1) is 20.6. The number of thiocarbonyl (C=S) groups is 1. The van der Waals surface area contributed by atoms with Crippen molar-refractivity contribution in [3.05, 3.63) is 29.8 Å². The van der Waals surface area contributed by atoms with Crippen molar-refractivity contribution in [2.75, 3.05) is 19.8 Å². The highest BCUT2D eigenvalue weighted by Gasteiger charge is 2.41. The zero-order chi connectivity index (χ0) is 19.3. The van der Waals surface area contributed by atoms with Crippen LogP contribution in [0.4, 0.5) is 0 Å². The molecule has 0 aromatic heterocycles. The summed E-state index contributed by atoms with van der Waals surface area (Å²) in [4.78, 5) is 26.0. The number of phenolic OH excluding ortho intramolecular Hbond substituents is 1. The van der Waals surface area contributed by atoms with Gasteiger partial charge in [0, 0.05) is 32.6 Å². The summed E-state index contributed by atoms with van der Waals surface area (Å²) in [5.41, 5.74) is 0.769. The molecule has 0 spiro atoms. The molecule has 2 amide bonds. The first-order valence-electron chi connectivity index (χ1n) is 8.17. The summed E-state index contributed by atoms with van der Waals surface area (Å²) < 4.78 is 0.379. The maximum Gasteiger partial charge on any atom is 0.252 e. The van der Waals surface area contributed by atoms with Crippen LogP contribution in [-0.4, -0.2) is 62.2 Å². The van der Waals surface area contributed by atoms with Gasteiger partial charge in [0.15, 0.2) is 0 Å². The molecule has 2 atom stereocenters. The lowest BCUT2D eigenvalue weighted by Crippen LogP contribution is -2.55. The second kappa shape index (κ2) is 9.31. The van der Waals surface area contributed by atoms with Crippen molar-refractivity contribution in [1.29, 1.82) is 0 Å². The van der Waals surface area contributed by atoms with Gasteiger partial charge in [-0.3, -0.25) is 14.5 Å². The molecule has 1 fully saturated rings. The molecule has 2 rings (SSSR count). The number of phenols is 1. The summed E-state index contributed by atoms with van der Waals surface area (Å²) in [6.07, 6.45) is 0.399. The molecular weight excluding hydrogens is 376 g/mol. The number of hydrogen-bond acceptors (Lipinski definition) is 7. The summed E-state index contributed by atoms with van der Waals surface area (Å²) in [6.45, 7) is 1.25. The van der Waals surface area contributed by atoms with Crippen molar-refractivity contribution in [3.8, 4) is 5.75 Å². The maximum atomic E-state index is 12.9. The Kier molecular flexibility index (Phi) is 7.39. The molecule has 0 aliphatic carbocycles. The molecule has 9 heteroatoms. The molecular formula is C17H22N2O5S2. The number of aliphatic hydroxyl groups is 2. The van der Waals surface area contributed by atoms with E-state index >= 15 is 0 Å². The number of hydrogen-bond donors (Lipinski definition) is 4. The second-order valence-corrected chi connectivity index (χ2v) is 7.86. The van der Waals surface area contributed by atoms with Crippen molar-refractivity contribution < 1.29 is 24.9 Å². The maximum absolute atomic E-state index is 12.9. The third-order valence-electron chi connectivity index (χ3n) is 4.14. The number of carbonyl (C=O) groups excluding carboxylic acids is 2. The number of nitrogens with zero attached hydrogens (tertiary/aromatic N) is 1. The Morgan fingerprint density at radius 2 is 1.92 bits per heavy atom. The highest BCUT2D eigenvalue weighted by Crippen LogP contribution is 2.39. The smallest absolute Gasteiger partial charge is 0.252 e. The summed E-state index contributed by atoms with van der Waals surface area (Å²) >= 11 is 6.67.